The van der Waals surface area contributed by atoms with Gasteiger partial charge in [0.1, 0.15) is 31.0 Å². The summed E-state index contributed by atoms with van der Waals surface area (Å²) in [5.41, 5.74) is 4.75. The molecule has 2 amide bonds. The van der Waals surface area contributed by atoms with Crippen molar-refractivity contribution in [2.24, 2.45) is 0 Å². The first kappa shape index (κ1) is 19.5. The summed E-state index contributed by atoms with van der Waals surface area (Å²) in [6.07, 6.45) is 0.741. The number of morpholine rings is 1. The summed E-state index contributed by atoms with van der Waals surface area (Å²) in [6.45, 7) is 6.37. The molecule has 1 fully saturated rings. The zero-order valence-electron chi connectivity index (χ0n) is 14.5. The summed E-state index contributed by atoms with van der Waals surface area (Å²) in [6, 6.07) is 6.68. The van der Waals surface area contributed by atoms with Crippen LogP contribution in [0.5, 0.6) is 5.75 Å². The molecular weight excluding hydrogens is 346 g/mol. The molecule has 1 aromatic carbocycles. The van der Waals surface area contributed by atoms with Gasteiger partial charge in [0.25, 0.3) is 5.91 Å². The van der Waals surface area contributed by atoms with Gasteiger partial charge in [-0.2, -0.15) is 0 Å². The fourth-order valence-corrected chi connectivity index (χ4v) is 2.93. The number of carbonyl (C=O) groups is 2. The lowest BCUT2D eigenvalue weighted by atomic mass is 10.2. The van der Waals surface area contributed by atoms with Gasteiger partial charge in [-0.15, -0.1) is 0 Å². The molecule has 0 aromatic heterocycles. The van der Waals surface area contributed by atoms with E-state index in [9.17, 15) is 9.59 Å². The third kappa shape index (κ3) is 7.29. The zero-order valence-corrected chi connectivity index (χ0v) is 15.3. The van der Waals surface area contributed by atoms with Gasteiger partial charge in [0.05, 0.1) is 13.0 Å². The largest absolute Gasteiger partial charge is 0.484 e. The first-order valence-electron chi connectivity index (χ1n) is 8.37. The van der Waals surface area contributed by atoms with Gasteiger partial charge < -0.3 is 14.4 Å². The Bertz CT molecular complexity index is 572. The molecule has 0 saturated carbocycles. The van der Waals surface area contributed by atoms with Crippen molar-refractivity contribution in [1.29, 1.82) is 0 Å². The van der Waals surface area contributed by atoms with Crippen molar-refractivity contribution in [1.82, 2.24) is 10.9 Å². The maximum atomic E-state index is 11.8. The minimum Gasteiger partial charge on any atom is -0.484 e. The second kappa shape index (κ2) is 9.60. The van der Waals surface area contributed by atoms with Crippen LogP contribution in [0.1, 0.15) is 20.3 Å². The normalized spacial score (nSPS) is 22.9. The second-order valence-electron chi connectivity index (χ2n) is 6.25. The lowest BCUT2D eigenvalue weighted by Crippen LogP contribution is -3.15. The summed E-state index contributed by atoms with van der Waals surface area (Å²) in [5, 5.41) is 0.593. The van der Waals surface area contributed by atoms with Crippen molar-refractivity contribution in [3.63, 3.8) is 0 Å². The summed E-state index contributed by atoms with van der Waals surface area (Å²) in [4.78, 5) is 24.9. The smallest absolute Gasteiger partial charge is 0.276 e. The number of rotatable bonds is 6. The maximum Gasteiger partial charge on any atom is 0.276 e. The van der Waals surface area contributed by atoms with Crippen LogP contribution in [0.25, 0.3) is 0 Å². The molecule has 0 bridgehead atoms. The van der Waals surface area contributed by atoms with E-state index in [1.54, 1.807) is 24.3 Å². The van der Waals surface area contributed by atoms with Crippen LogP contribution in [0.15, 0.2) is 24.3 Å². The van der Waals surface area contributed by atoms with Crippen LogP contribution in [-0.2, 0) is 14.3 Å². The molecule has 8 heteroatoms. The van der Waals surface area contributed by atoms with Crippen LogP contribution >= 0.6 is 11.6 Å². The van der Waals surface area contributed by atoms with E-state index in [-0.39, 0.29) is 24.7 Å². The molecule has 1 saturated heterocycles. The van der Waals surface area contributed by atoms with Crippen molar-refractivity contribution in [2.75, 3.05) is 26.2 Å². The molecule has 138 valence electrons. The van der Waals surface area contributed by atoms with E-state index in [1.165, 1.54) is 4.90 Å². The van der Waals surface area contributed by atoms with Gasteiger partial charge in [-0.1, -0.05) is 11.6 Å². The molecule has 1 unspecified atom stereocenters. The van der Waals surface area contributed by atoms with E-state index in [2.05, 4.69) is 10.9 Å². The Morgan fingerprint density at radius 3 is 2.40 bits per heavy atom. The predicted octanol–water partition coefficient (Wildman–Crippen LogP) is -0.0516. The van der Waals surface area contributed by atoms with Crippen LogP contribution in [0.3, 0.4) is 0 Å². The Kier molecular flexibility index (Phi) is 7.49. The van der Waals surface area contributed by atoms with Crippen LogP contribution in [0, 0.1) is 0 Å². The van der Waals surface area contributed by atoms with E-state index in [0.29, 0.717) is 23.7 Å². The molecule has 0 radical (unpaired) electrons. The summed E-state index contributed by atoms with van der Waals surface area (Å²) in [7, 11) is 0. The highest BCUT2D eigenvalue weighted by atomic mass is 35.5. The maximum absolute atomic E-state index is 11.8. The van der Waals surface area contributed by atoms with E-state index in [1.807, 2.05) is 13.8 Å². The molecule has 25 heavy (non-hydrogen) atoms. The van der Waals surface area contributed by atoms with Gasteiger partial charge in [0, 0.05) is 5.02 Å². The number of quaternary nitrogens is 1. The molecule has 0 aliphatic carbocycles. The average Bonchev–Trinajstić information content (AvgIpc) is 2.57. The number of ether oxygens (including phenoxy) is 2. The highest BCUT2D eigenvalue weighted by molar-refractivity contribution is 6.30. The summed E-state index contributed by atoms with van der Waals surface area (Å²) >= 11 is 5.77. The van der Waals surface area contributed by atoms with Gasteiger partial charge in [-0.25, -0.2) is 0 Å². The first-order valence-corrected chi connectivity index (χ1v) is 8.75. The van der Waals surface area contributed by atoms with Crippen molar-refractivity contribution in [3.05, 3.63) is 29.3 Å². The molecule has 3 atom stereocenters. The molecule has 1 aliphatic rings. The van der Waals surface area contributed by atoms with Crippen molar-refractivity contribution in [2.45, 2.75) is 32.5 Å². The number of hydrogen-bond donors (Lipinski definition) is 3. The van der Waals surface area contributed by atoms with Gasteiger partial charge in [-0.05, 0) is 38.1 Å². The molecule has 2 rings (SSSR count). The number of benzene rings is 1. The number of amides is 2. The monoisotopic (exact) mass is 370 g/mol. The lowest BCUT2D eigenvalue weighted by molar-refractivity contribution is -0.914. The zero-order chi connectivity index (χ0) is 18.2. The van der Waals surface area contributed by atoms with Crippen molar-refractivity contribution >= 4 is 23.4 Å². The summed E-state index contributed by atoms with van der Waals surface area (Å²) < 4.78 is 11.0. The van der Waals surface area contributed by atoms with Gasteiger partial charge in [-0.3, -0.25) is 20.4 Å². The standard InChI is InChI=1S/C17H24ClN3O4/c1-12-9-21(10-13(2)25-12)8-7-16(22)19-20-17(23)11-24-15-5-3-14(18)4-6-15/h3-6,12-13H,7-11H2,1-2H3,(H,19,22)(H,20,23)/p+1/t12-,13+. The molecule has 7 nitrogen and oxygen atoms in total. The number of carbonyl (C=O) groups excluding carboxylic acids is 2. The minimum atomic E-state index is -0.427. The van der Waals surface area contributed by atoms with E-state index in [0.717, 1.165) is 13.1 Å². The molecule has 3 N–H and O–H groups in total. The predicted molar refractivity (Wildman–Crippen MR) is 93.4 cm³/mol. The van der Waals surface area contributed by atoms with Crippen LogP contribution in [0.2, 0.25) is 5.02 Å². The van der Waals surface area contributed by atoms with E-state index < -0.39 is 5.91 Å². The molecule has 0 spiro atoms. The number of hydrazine groups is 1. The van der Waals surface area contributed by atoms with E-state index in [4.69, 9.17) is 21.1 Å². The Morgan fingerprint density at radius 1 is 1.16 bits per heavy atom. The SMILES string of the molecule is C[C@@H]1C[NH+](CCC(=O)NNC(=O)COc2ccc(Cl)cc2)C[C@H](C)O1. The second-order valence-corrected chi connectivity index (χ2v) is 6.69. The first-order chi connectivity index (χ1) is 11.9. The third-order valence-electron chi connectivity index (χ3n) is 3.85. The quantitative estimate of drug-likeness (QED) is 0.613. The molecule has 1 heterocycles. The topological polar surface area (TPSA) is 81.1 Å². The third-order valence-corrected chi connectivity index (χ3v) is 4.10. The van der Waals surface area contributed by atoms with E-state index >= 15 is 0 Å². The highest BCUT2D eigenvalue weighted by Crippen LogP contribution is 2.15. The van der Waals surface area contributed by atoms with Gasteiger partial charge in [0.2, 0.25) is 5.91 Å². The van der Waals surface area contributed by atoms with Crippen LogP contribution in [-0.4, -0.2) is 50.3 Å². The Labute approximate surface area is 152 Å². The Morgan fingerprint density at radius 2 is 1.76 bits per heavy atom. The van der Waals surface area contributed by atoms with Gasteiger partial charge in [0.15, 0.2) is 6.61 Å². The highest BCUT2D eigenvalue weighted by Gasteiger charge is 2.25. The number of hydrogen-bond acceptors (Lipinski definition) is 4. The molecule has 1 aromatic rings. The number of nitrogens with one attached hydrogen (secondary N) is 3. The van der Waals surface area contributed by atoms with Gasteiger partial charge >= 0.3 is 0 Å². The molecular formula is C17H25ClN3O4+. The lowest BCUT2D eigenvalue weighted by Gasteiger charge is -2.32. The fraction of sp³-hybridized carbons (Fsp3) is 0.529. The van der Waals surface area contributed by atoms with Crippen molar-refractivity contribution < 1.29 is 24.0 Å². The fourth-order valence-electron chi connectivity index (χ4n) is 2.80. The van der Waals surface area contributed by atoms with Crippen LogP contribution < -0.4 is 20.5 Å². The van der Waals surface area contributed by atoms with Crippen molar-refractivity contribution in [3.8, 4) is 5.75 Å². The molecule has 1 aliphatic heterocycles. The minimum absolute atomic E-state index is 0.189. The Hall–Kier alpha value is -1.83. The average molecular weight is 371 g/mol. The Balaban J connectivity index is 1.60. The van der Waals surface area contributed by atoms with Crippen LogP contribution in [0.4, 0.5) is 0 Å². The number of halogens is 1. The summed E-state index contributed by atoms with van der Waals surface area (Å²) in [5.74, 6) is -0.117.